The van der Waals surface area contributed by atoms with E-state index in [1.807, 2.05) is 30.3 Å². The van der Waals surface area contributed by atoms with Crippen LogP contribution in [-0.2, 0) is 23.0 Å². The highest BCUT2D eigenvalue weighted by atomic mass is 32.2. The van der Waals surface area contributed by atoms with Crippen molar-refractivity contribution in [3.8, 4) is 0 Å². The van der Waals surface area contributed by atoms with Crippen molar-refractivity contribution in [1.82, 2.24) is 19.2 Å². The van der Waals surface area contributed by atoms with Gasteiger partial charge in [0.1, 0.15) is 4.90 Å². The smallest absolute Gasteiger partial charge is 0.245 e. The summed E-state index contributed by atoms with van der Waals surface area (Å²) in [7, 11) is -3.76. The van der Waals surface area contributed by atoms with Crippen molar-refractivity contribution in [2.24, 2.45) is 0 Å². The van der Waals surface area contributed by atoms with Gasteiger partial charge in [0.2, 0.25) is 10.0 Å². The maximum absolute atomic E-state index is 14.1. The van der Waals surface area contributed by atoms with Crippen molar-refractivity contribution in [2.45, 2.75) is 36.7 Å². The van der Waals surface area contributed by atoms with Crippen LogP contribution in [0.25, 0.3) is 10.9 Å². The van der Waals surface area contributed by atoms with Crippen LogP contribution in [0.15, 0.2) is 83.5 Å². The van der Waals surface area contributed by atoms with Gasteiger partial charge in [-0.1, -0.05) is 30.3 Å². The lowest BCUT2D eigenvalue weighted by molar-refractivity contribution is 0.157. The molecule has 8 heteroatoms. The van der Waals surface area contributed by atoms with Gasteiger partial charge in [-0.05, 0) is 67.6 Å². The molecule has 4 aromatic rings. The van der Waals surface area contributed by atoms with Crippen molar-refractivity contribution in [2.75, 3.05) is 19.6 Å². The lowest BCUT2D eigenvalue weighted by atomic mass is 10.0. The second-order valence-corrected chi connectivity index (χ2v) is 11.5. The molecule has 0 unspecified atom stereocenters. The van der Waals surface area contributed by atoms with Gasteiger partial charge in [-0.25, -0.2) is 8.42 Å². The maximum Gasteiger partial charge on any atom is 0.245 e. The highest BCUT2D eigenvalue weighted by Gasteiger charge is 2.35. The summed E-state index contributed by atoms with van der Waals surface area (Å²) in [6, 6.07) is 17.1. The zero-order valence-corrected chi connectivity index (χ0v) is 20.6. The monoisotopic (exact) mass is 492 g/mol. The molecule has 6 nitrogen and oxygen atoms in total. The van der Waals surface area contributed by atoms with E-state index in [2.05, 4.69) is 32.4 Å². The predicted molar refractivity (Wildman–Crippen MR) is 136 cm³/mol. The highest BCUT2D eigenvalue weighted by molar-refractivity contribution is 7.89. The largest absolute Gasteiger partial charge is 0.303 e. The average Bonchev–Trinajstić information content (AvgIpc) is 3.40. The summed E-state index contributed by atoms with van der Waals surface area (Å²) >= 11 is 1.79. The Morgan fingerprint density at radius 3 is 2.59 bits per heavy atom. The predicted octanol–water partition coefficient (Wildman–Crippen LogP) is 4.59. The zero-order chi connectivity index (χ0) is 23.4. The van der Waals surface area contributed by atoms with E-state index >= 15 is 0 Å². The minimum atomic E-state index is -3.76. The normalized spacial score (nSPS) is 15.8. The molecule has 1 fully saturated rings. The van der Waals surface area contributed by atoms with Crippen LogP contribution in [0.3, 0.4) is 0 Å². The molecule has 5 rings (SSSR count). The van der Waals surface area contributed by atoms with Gasteiger partial charge < -0.3 is 4.90 Å². The fourth-order valence-electron chi connectivity index (χ4n) is 4.65. The van der Waals surface area contributed by atoms with Crippen molar-refractivity contribution >= 4 is 32.3 Å². The number of hydrogen-bond acceptors (Lipinski definition) is 6. The third kappa shape index (κ3) is 5.05. The fourth-order valence-corrected chi connectivity index (χ4v) is 7.19. The molecule has 0 atom stereocenters. The number of benzene rings is 1. The van der Waals surface area contributed by atoms with E-state index in [9.17, 15) is 8.42 Å². The quantitative estimate of drug-likeness (QED) is 0.360. The number of rotatable bonds is 8. The number of nitrogens with zero attached hydrogens (tertiary/aromatic N) is 4. The molecule has 0 radical (unpaired) electrons. The number of sulfonamides is 1. The molecular formula is C26H28N4O2S2. The van der Waals surface area contributed by atoms with Crippen LogP contribution in [0.4, 0.5) is 0 Å². The molecular weight excluding hydrogens is 464 g/mol. The molecule has 1 saturated heterocycles. The number of pyridine rings is 2. The number of likely N-dealkylation sites (tertiary alicyclic amines) is 1. The van der Waals surface area contributed by atoms with E-state index in [-0.39, 0.29) is 10.9 Å². The van der Waals surface area contributed by atoms with Gasteiger partial charge in [0.05, 0.1) is 5.52 Å². The Kier molecular flexibility index (Phi) is 7.01. The Bertz CT molecular complexity index is 1310. The number of thiophene rings is 1. The molecule has 176 valence electrons. The molecule has 3 aromatic heterocycles. The van der Waals surface area contributed by atoms with Crippen molar-refractivity contribution in [1.29, 1.82) is 0 Å². The lowest BCUT2D eigenvalue weighted by Crippen LogP contribution is -2.47. The SMILES string of the molecule is O=S(=O)(c1cccc2cccnc12)N(Cc1cccnc1)C1CCN(CCc2cccs2)CC1. The van der Waals surface area contributed by atoms with Gasteiger partial charge >= 0.3 is 0 Å². The van der Waals surface area contributed by atoms with Crippen molar-refractivity contribution in [3.63, 3.8) is 0 Å². The Labute approximate surface area is 205 Å². The second-order valence-electron chi connectivity index (χ2n) is 8.64. The topological polar surface area (TPSA) is 66.4 Å². The lowest BCUT2D eigenvalue weighted by Gasteiger charge is -2.38. The van der Waals surface area contributed by atoms with Crippen LogP contribution in [0.2, 0.25) is 0 Å². The van der Waals surface area contributed by atoms with E-state index in [1.54, 1.807) is 46.4 Å². The Morgan fingerprint density at radius 1 is 1.00 bits per heavy atom. The minimum absolute atomic E-state index is 0.0674. The summed E-state index contributed by atoms with van der Waals surface area (Å²) in [5, 5.41) is 2.94. The minimum Gasteiger partial charge on any atom is -0.303 e. The summed E-state index contributed by atoms with van der Waals surface area (Å²) in [5.41, 5.74) is 1.41. The van der Waals surface area contributed by atoms with Crippen molar-refractivity contribution in [3.05, 3.63) is 89.0 Å². The first kappa shape index (κ1) is 23.1. The van der Waals surface area contributed by atoms with Gasteiger partial charge in [0.25, 0.3) is 0 Å². The van der Waals surface area contributed by atoms with Crippen LogP contribution in [0.5, 0.6) is 0 Å². The van der Waals surface area contributed by atoms with Gasteiger partial charge in [-0.2, -0.15) is 4.31 Å². The summed E-state index contributed by atoms with van der Waals surface area (Å²) < 4.78 is 29.8. The van der Waals surface area contributed by atoms with E-state index in [4.69, 9.17) is 0 Å². The molecule has 0 N–H and O–H groups in total. The van der Waals surface area contributed by atoms with Crippen LogP contribution in [-0.4, -0.2) is 53.3 Å². The molecule has 0 bridgehead atoms. The first-order chi connectivity index (χ1) is 16.6. The number of para-hydroxylation sites is 1. The third-order valence-electron chi connectivity index (χ3n) is 6.46. The summed E-state index contributed by atoms with van der Waals surface area (Å²) in [6.45, 7) is 3.10. The summed E-state index contributed by atoms with van der Waals surface area (Å²) in [5.74, 6) is 0. The number of piperidine rings is 1. The van der Waals surface area contributed by atoms with E-state index in [0.717, 1.165) is 49.8 Å². The molecule has 1 aliphatic rings. The van der Waals surface area contributed by atoms with Crippen LogP contribution in [0.1, 0.15) is 23.3 Å². The third-order valence-corrected chi connectivity index (χ3v) is 9.33. The van der Waals surface area contributed by atoms with E-state index < -0.39 is 10.0 Å². The van der Waals surface area contributed by atoms with Gasteiger partial charge in [-0.15, -0.1) is 11.3 Å². The second kappa shape index (κ2) is 10.3. The highest BCUT2D eigenvalue weighted by Crippen LogP contribution is 2.30. The first-order valence-electron chi connectivity index (χ1n) is 11.6. The summed E-state index contributed by atoms with van der Waals surface area (Å²) in [6.07, 6.45) is 7.77. The Hall–Kier alpha value is -2.65. The summed E-state index contributed by atoms with van der Waals surface area (Å²) in [4.78, 5) is 12.7. The molecule has 4 heterocycles. The standard InChI is InChI=1S/C26H28N4O2S2/c31-34(32,25-9-1-6-22-7-3-14-28-26(22)25)30(20-21-5-2-13-27-19-21)23-10-15-29(16-11-23)17-12-24-8-4-18-33-24/h1-9,13-14,18-19,23H,10-12,15-17,20H2. The first-order valence-corrected chi connectivity index (χ1v) is 13.9. The molecule has 0 amide bonds. The molecule has 0 saturated carbocycles. The molecule has 1 aromatic carbocycles. The van der Waals surface area contributed by atoms with Crippen LogP contribution in [0, 0.1) is 0 Å². The molecule has 1 aliphatic heterocycles. The number of fused-ring (bicyclic) bond motifs is 1. The Morgan fingerprint density at radius 2 is 1.82 bits per heavy atom. The fraction of sp³-hybridized carbons (Fsp3) is 0.308. The van der Waals surface area contributed by atoms with E-state index in [1.165, 1.54) is 4.88 Å². The number of aromatic nitrogens is 2. The number of hydrogen-bond donors (Lipinski definition) is 0. The Balaban J connectivity index is 1.39. The van der Waals surface area contributed by atoms with Crippen molar-refractivity contribution < 1.29 is 8.42 Å². The van der Waals surface area contributed by atoms with Gasteiger partial charge in [0.15, 0.2) is 0 Å². The average molecular weight is 493 g/mol. The zero-order valence-electron chi connectivity index (χ0n) is 19.0. The van der Waals surface area contributed by atoms with E-state index in [0.29, 0.717) is 12.1 Å². The van der Waals surface area contributed by atoms with Gasteiger partial charge in [0, 0.05) is 48.0 Å². The molecule has 34 heavy (non-hydrogen) atoms. The van der Waals surface area contributed by atoms with Crippen LogP contribution < -0.4 is 0 Å². The molecule has 0 aliphatic carbocycles. The van der Waals surface area contributed by atoms with Gasteiger partial charge in [-0.3, -0.25) is 9.97 Å². The molecule has 0 spiro atoms. The maximum atomic E-state index is 14.1. The van der Waals surface area contributed by atoms with Crippen LogP contribution >= 0.6 is 11.3 Å².